The Labute approximate surface area is 133 Å². The Bertz CT molecular complexity index is 568. The van der Waals surface area contributed by atoms with Gasteiger partial charge >= 0.3 is 0 Å². The molecule has 0 N–H and O–H groups in total. The molecular formula is C16H21FN2O2S. The van der Waals surface area contributed by atoms with Crippen molar-refractivity contribution < 1.29 is 14.0 Å². The molecule has 0 spiro atoms. The predicted octanol–water partition coefficient (Wildman–Crippen LogP) is 2.62. The van der Waals surface area contributed by atoms with E-state index in [2.05, 4.69) is 0 Å². The Kier molecular flexibility index (Phi) is 4.47. The van der Waals surface area contributed by atoms with Crippen molar-refractivity contribution in [2.24, 2.45) is 0 Å². The van der Waals surface area contributed by atoms with Crippen LogP contribution >= 0.6 is 11.3 Å². The molecule has 3 heterocycles. The minimum Gasteiger partial charge on any atom is -0.341 e. The highest BCUT2D eigenvalue weighted by Crippen LogP contribution is 2.28. The highest BCUT2D eigenvalue weighted by molar-refractivity contribution is 7.12. The number of likely N-dealkylation sites (tertiary alicyclic amines) is 2. The minimum atomic E-state index is -1.11. The molecule has 6 heteroatoms. The van der Waals surface area contributed by atoms with Gasteiger partial charge in [0.05, 0.1) is 11.4 Å². The van der Waals surface area contributed by atoms with Crippen molar-refractivity contribution >= 4 is 23.2 Å². The summed E-state index contributed by atoms with van der Waals surface area (Å²) in [7, 11) is 0. The van der Waals surface area contributed by atoms with Crippen LogP contribution in [0.15, 0.2) is 11.4 Å². The topological polar surface area (TPSA) is 40.6 Å². The van der Waals surface area contributed by atoms with E-state index in [1.807, 2.05) is 18.4 Å². The van der Waals surface area contributed by atoms with E-state index in [9.17, 15) is 14.0 Å². The van der Waals surface area contributed by atoms with Crippen molar-refractivity contribution in [1.29, 1.82) is 0 Å². The number of hydrogen-bond acceptors (Lipinski definition) is 3. The van der Waals surface area contributed by atoms with Crippen LogP contribution in [-0.2, 0) is 4.79 Å². The molecule has 1 aromatic rings. The minimum absolute atomic E-state index is 0.0282. The molecule has 120 valence electrons. The van der Waals surface area contributed by atoms with E-state index < -0.39 is 12.2 Å². The molecule has 1 aromatic heterocycles. The summed E-state index contributed by atoms with van der Waals surface area (Å²) in [6.07, 6.45) is 2.15. The van der Waals surface area contributed by atoms with Crippen molar-refractivity contribution in [2.45, 2.75) is 44.8 Å². The molecule has 0 saturated carbocycles. The molecule has 2 atom stereocenters. The lowest BCUT2D eigenvalue weighted by molar-refractivity contribution is -0.136. The van der Waals surface area contributed by atoms with Gasteiger partial charge < -0.3 is 9.80 Å². The molecule has 2 amide bonds. The maximum atomic E-state index is 13.9. The summed E-state index contributed by atoms with van der Waals surface area (Å²) in [5, 5.41) is 1.85. The van der Waals surface area contributed by atoms with Gasteiger partial charge in [-0.3, -0.25) is 9.59 Å². The number of piperidine rings is 1. The molecule has 0 bridgehead atoms. The maximum Gasteiger partial charge on any atom is 0.264 e. The Hall–Kier alpha value is -1.43. The van der Waals surface area contributed by atoms with Crippen LogP contribution in [0.5, 0.6) is 0 Å². The number of rotatable bonds is 2. The van der Waals surface area contributed by atoms with E-state index in [0.717, 1.165) is 37.9 Å². The van der Waals surface area contributed by atoms with Gasteiger partial charge in [0.1, 0.15) is 12.2 Å². The van der Waals surface area contributed by atoms with Gasteiger partial charge in [-0.05, 0) is 43.2 Å². The first-order chi connectivity index (χ1) is 10.6. The summed E-state index contributed by atoms with van der Waals surface area (Å²) < 4.78 is 13.9. The van der Waals surface area contributed by atoms with Gasteiger partial charge in [-0.25, -0.2) is 4.39 Å². The number of nitrogens with zero attached hydrogens (tertiary/aromatic N) is 2. The zero-order chi connectivity index (χ0) is 15.7. The van der Waals surface area contributed by atoms with Crippen LogP contribution in [0.1, 0.15) is 40.9 Å². The normalized spacial score (nSPS) is 25.5. The average molecular weight is 324 g/mol. The van der Waals surface area contributed by atoms with E-state index in [0.29, 0.717) is 4.88 Å². The Morgan fingerprint density at radius 1 is 1.27 bits per heavy atom. The van der Waals surface area contributed by atoms with Gasteiger partial charge in [0.15, 0.2) is 0 Å². The first-order valence-electron chi connectivity index (χ1n) is 7.86. The van der Waals surface area contributed by atoms with Crippen LogP contribution in [-0.4, -0.2) is 53.5 Å². The second-order valence-electron chi connectivity index (χ2n) is 6.12. The molecule has 3 rings (SSSR count). The van der Waals surface area contributed by atoms with E-state index in [-0.39, 0.29) is 24.8 Å². The third-order valence-corrected chi connectivity index (χ3v) is 5.52. The molecule has 0 aromatic carbocycles. The van der Waals surface area contributed by atoms with Crippen LogP contribution in [0.25, 0.3) is 0 Å². The van der Waals surface area contributed by atoms with Gasteiger partial charge in [0.2, 0.25) is 5.91 Å². The van der Waals surface area contributed by atoms with Gasteiger partial charge in [-0.2, -0.15) is 0 Å². The zero-order valence-electron chi connectivity index (χ0n) is 12.8. The summed E-state index contributed by atoms with van der Waals surface area (Å²) in [6.45, 7) is 3.35. The Morgan fingerprint density at radius 3 is 2.64 bits per heavy atom. The van der Waals surface area contributed by atoms with Crippen LogP contribution < -0.4 is 0 Å². The van der Waals surface area contributed by atoms with Crippen LogP contribution in [0.2, 0.25) is 0 Å². The number of amides is 2. The van der Waals surface area contributed by atoms with Crippen molar-refractivity contribution in [3.63, 3.8) is 0 Å². The highest BCUT2D eigenvalue weighted by atomic mass is 32.1. The lowest BCUT2D eigenvalue weighted by Crippen LogP contribution is -2.49. The molecule has 0 radical (unpaired) electrons. The summed E-state index contributed by atoms with van der Waals surface area (Å²) >= 11 is 1.36. The third-order valence-electron chi connectivity index (χ3n) is 4.52. The molecule has 2 aliphatic rings. The number of thiophene rings is 1. The second-order valence-corrected chi connectivity index (χ2v) is 7.04. The number of carbonyl (C=O) groups is 2. The Morgan fingerprint density at radius 2 is 2.00 bits per heavy atom. The van der Waals surface area contributed by atoms with Gasteiger partial charge in [0, 0.05) is 19.5 Å². The average Bonchev–Trinajstić information content (AvgIpc) is 3.12. The fourth-order valence-electron chi connectivity index (χ4n) is 3.29. The lowest BCUT2D eigenvalue weighted by atomic mass is 10.1. The van der Waals surface area contributed by atoms with Gasteiger partial charge in [-0.15, -0.1) is 11.3 Å². The SMILES string of the molecule is Cc1ccsc1C(=O)N1C[C@@H](F)C[C@H]1C(=O)N1CCCCC1. The standard InChI is InChI=1S/C16H21FN2O2S/c1-11-5-8-22-14(11)16(21)19-10-12(17)9-13(19)15(20)18-6-3-2-4-7-18/h5,8,12-13H,2-4,6-7,9-10H2,1H3/t12-,13-/m0/s1. The first kappa shape index (κ1) is 15.5. The summed E-state index contributed by atoms with van der Waals surface area (Å²) in [5.41, 5.74) is 0.890. The molecule has 2 fully saturated rings. The van der Waals surface area contributed by atoms with Crippen LogP contribution in [0.3, 0.4) is 0 Å². The number of carbonyl (C=O) groups excluding carboxylic acids is 2. The number of aryl methyl sites for hydroxylation is 1. The van der Waals surface area contributed by atoms with Crippen molar-refractivity contribution in [1.82, 2.24) is 9.80 Å². The van der Waals surface area contributed by atoms with Crippen molar-refractivity contribution in [3.8, 4) is 0 Å². The summed E-state index contributed by atoms with van der Waals surface area (Å²) in [4.78, 5) is 29.2. The number of alkyl halides is 1. The predicted molar refractivity (Wildman–Crippen MR) is 83.8 cm³/mol. The second kappa shape index (κ2) is 6.36. The van der Waals surface area contributed by atoms with E-state index in [4.69, 9.17) is 0 Å². The largest absolute Gasteiger partial charge is 0.341 e. The van der Waals surface area contributed by atoms with Crippen LogP contribution in [0.4, 0.5) is 4.39 Å². The molecule has 2 saturated heterocycles. The highest BCUT2D eigenvalue weighted by Gasteiger charge is 2.42. The Balaban J connectivity index is 1.78. The fraction of sp³-hybridized carbons (Fsp3) is 0.625. The molecular weight excluding hydrogens is 303 g/mol. The van der Waals surface area contributed by atoms with Gasteiger partial charge in [0.25, 0.3) is 5.91 Å². The summed E-state index contributed by atoms with van der Waals surface area (Å²) in [6, 6.07) is 1.24. The molecule has 22 heavy (non-hydrogen) atoms. The third kappa shape index (κ3) is 2.89. The van der Waals surface area contributed by atoms with Gasteiger partial charge in [-0.1, -0.05) is 0 Å². The number of halogens is 1. The first-order valence-corrected chi connectivity index (χ1v) is 8.74. The van der Waals surface area contributed by atoms with E-state index in [1.165, 1.54) is 16.2 Å². The summed E-state index contributed by atoms with van der Waals surface area (Å²) in [5.74, 6) is -0.287. The monoisotopic (exact) mass is 324 g/mol. The maximum absolute atomic E-state index is 13.9. The molecule has 0 unspecified atom stereocenters. The number of hydrogen-bond donors (Lipinski definition) is 0. The molecule has 2 aliphatic heterocycles. The van der Waals surface area contributed by atoms with Crippen molar-refractivity contribution in [2.75, 3.05) is 19.6 Å². The van der Waals surface area contributed by atoms with E-state index >= 15 is 0 Å². The molecule has 4 nitrogen and oxygen atoms in total. The van der Waals surface area contributed by atoms with Crippen molar-refractivity contribution in [3.05, 3.63) is 21.9 Å². The zero-order valence-corrected chi connectivity index (χ0v) is 13.6. The lowest BCUT2D eigenvalue weighted by Gasteiger charge is -2.32. The van der Waals surface area contributed by atoms with Crippen LogP contribution in [0, 0.1) is 6.92 Å². The smallest absolute Gasteiger partial charge is 0.264 e. The molecule has 0 aliphatic carbocycles. The fourth-order valence-corrected chi connectivity index (χ4v) is 4.17. The quantitative estimate of drug-likeness (QED) is 0.839. The van der Waals surface area contributed by atoms with E-state index in [1.54, 1.807) is 4.90 Å².